The maximum Gasteiger partial charge on any atom is 0.229 e. The van der Waals surface area contributed by atoms with E-state index in [1.54, 1.807) is 12.1 Å². The SMILES string of the molecule is O=C1C[C@@H](c2ccc(O)cc2)Oc2c(O[C@@H]3O[C@H](CO)[C@@H](O)[C@H](O)[C@H]3O)c(O)cc(O)c21. The smallest absolute Gasteiger partial charge is 0.229 e. The fraction of sp³-hybridized carbons (Fsp3) is 0.381. The summed E-state index contributed by atoms with van der Waals surface area (Å²) in [6.45, 7) is -0.692. The number of aliphatic hydroxyl groups is 4. The minimum Gasteiger partial charge on any atom is -0.508 e. The van der Waals surface area contributed by atoms with E-state index < -0.39 is 66.4 Å². The van der Waals surface area contributed by atoms with Crippen LogP contribution in [-0.2, 0) is 4.74 Å². The molecule has 0 aromatic heterocycles. The molecule has 0 aliphatic carbocycles. The lowest BCUT2D eigenvalue weighted by Crippen LogP contribution is -2.60. The zero-order valence-corrected chi connectivity index (χ0v) is 16.5. The topological polar surface area (TPSA) is 186 Å². The van der Waals surface area contributed by atoms with Crippen LogP contribution in [-0.4, -0.2) is 78.8 Å². The Morgan fingerprint density at radius 2 is 1.66 bits per heavy atom. The Kier molecular flexibility index (Phi) is 5.84. The molecule has 7 N–H and O–H groups in total. The maximum atomic E-state index is 12.8. The summed E-state index contributed by atoms with van der Waals surface area (Å²) < 4.78 is 16.7. The van der Waals surface area contributed by atoms with Crippen molar-refractivity contribution in [2.45, 2.75) is 43.2 Å². The first-order valence-electron chi connectivity index (χ1n) is 9.76. The number of ketones is 1. The van der Waals surface area contributed by atoms with Gasteiger partial charge in [-0.2, -0.15) is 0 Å². The summed E-state index contributed by atoms with van der Waals surface area (Å²) in [6, 6.07) is 6.76. The predicted octanol–water partition coefficient (Wildman–Crippen LogP) is -0.311. The molecule has 0 bridgehead atoms. The van der Waals surface area contributed by atoms with Crippen molar-refractivity contribution < 1.29 is 54.8 Å². The number of aliphatic hydroxyl groups excluding tert-OH is 4. The van der Waals surface area contributed by atoms with Crippen molar-refractivity contribution in [3.8, 4) is 28.7 Å². The molecule has 0 unspecified atom stereocenters. The highest BCUT2D eigenvalue weighted by Gasteiger charge is 2.46. The molecule has 172 valence electrons. The van der Waals surface area contributed by atoms with E-state index in [-0.39, 0.29) is 23.5 Å². The van der Waals surface area contributed by atoms with Crippen LogP contribution < -0.4 is 9.47 Å². The molecule has 4 rings (SSSR count). The number of phenolic OH excluding ortho intramolecular Hbond substituents is 3. The molecule has 2 aromatic rings. The number of hydrogen-bond acceptors (Lipinski definition) is 11. The monoisotopic (exact) mass is 450 g/mol. The largest absolute Gasteiger partial charge is 0.508 e. The predicted molar refractivity (Wildman–Crippen MR) is 105 cm³/mol. The van der Waals surface area contributed by atoms with Crippen LogP contribution in [0.5, 0.6) is 28.7 Å². The Labute approximate surface area is 181 Å². The van der Waals surface area contributed by atoms with E-state index in [0.717, 1.165) is 6.07 Å². The highest BCUT2D eigenvalue weighted by molar-refractivity contribution is 6.03. The Hall–Kier alpha value is -3.09. The van der Waals surface area contributed by atoms with Gasteiger partial charge in [-0.1, -0.05) is 12.1 Å². The molecular weight excluding hydrogens is 428 g/mol. The molecule has 2 aliphatic rings. The van der Waals surface area contributed by atoms with Crippen LogP contribution in [0.4, 0.5) is 0 Å². The summed E-state index contributed by atoms with van der Waals surface area (Å²) in [7, 11) is 0. The van der Waals surface area contributed by atoms with Gasteiger partial charge in [0.1, 0.15) is 47.6 Å². The minimum absolute atomic E-state index is 0.0122. The molecule has 6 atom stereocenters. The van der Waals surface area contributed by atoms with Gasteiger partial charge >= 0.3 is 0 Å². The van der Waals surface area contributed by atoms with E-state index in [1.165, 1.54) is 12.1 Å². The van der Waals surface area contributed by atoms with Gasteiger partial charge < -0.3 is 50.0 Å². The first-order chi connectivity index (χ1) is 15.2. The van der Waals surface area contributed by atoms with Crippen LogP contribution in [0.1, 0.15) is 28.4 Å². The summed E-state index contributed by atoms with van der Waals surface area (Å²) in [4.78, 5) is 12.8. The van der Waals surface area contributed by atoms with Crippen molar-refractivity contribution in [3.63, 3.8) is 0 Å². The highest BCUT2D eigenvalue weighted by atomic mass is 16.7. The van der Waals surface area contributed by atoms with Gasteiger partial charge in [0.2, 0.25) is 12.0 Å². The molecule has 11 heteroatoms. The standard InChI is InChI=1S/C21H22O11/c22-7-14-16(27)17(28)18(29)21(31-14)32-19-12(26)5-10(24)15-11(25)6-13(30-20(15)19)8-1-3-9(23)4-2-8/h1-5,13-14,16-18,21-24,26-29H,6-7H2/t13-,14+,16+,17-,18+,21-/m0/s1. The lowest BCUT2D eigenvalue weighted by Gasteiger charge is -2.40. The third-order valence-corrected chi connectivity index (χ3v) is 5.45. The van der Waals surface area contributed by atoms with Crippen molar-refractivity contribution in [2.75, 3.05) is 6.61 Å². The maximum absolute atomic E-state index is 12.8. The molecular formula is C21H22O11. The molecule has 1 saturated heterocycles. The van der Waals surface area contributed by atoms with E-state index >= 15 is 0 Å². The van der Waals surface area contributed by atoms with E-state index in [9.17, 15) is 40.5 Å². The quantitative estimate of drug-likeness (QED) is 0.324. The minimum atomic E-state index is -1.77. The molecule has 0 amide bonds. The molecule has 32 heavy (non-hydrogen) atoms. The summed E-state index contributed by atoms with van der Waals surface area (Å²) >= 11 is 0. The third-order valence-electron chi connectivity index (χ3n) is 5.45. The Morgan fingerprint density at radius 3 is 2.31 bits per heavy atom. The number of carbonyl (C=O) groups is 1. The Morgan fingerprint density at radius 1 is 0.969 bits per heavy atom. The molecule has 0 spiro atoms. The molecule has 0 saturated carbocycles. The van der Waals surface area contributed by atoms with Gasteiger partial charge in [-0.05, 0) is 17.7 Å². The van der Waals surface area contributed by atoms with Gasteiger partial charge in [0.15, 0.2) is 17.3 Å². The van der Waals surface area contributed by atoms with Crippen LogP contribution in [0.15, 0.2) is 30.3 Å². The highest BCUT2D eigenvalue weighted by Crippen LogP contribution is 2.50. The first-order valence-corrected chi connectivity index (χ1v) is 9.76. The van der Waals surface area contributed by atoms with Gasteiger partial charge in [0.25, 0.3) is 0 Å². The Balaban J connectivity index is 1.71. The van der Waals surface area contributed by atoms with Crippen LogP contribution in [0, 0.1) is 0 Å². The number of carbonyl (C=O) groups excluding carboxylic acids is 1. The summed E-state index contributed by atoms with van der Waals surface area (Å²) in [5.74, 6) is -2.45. The molecule has 2 aliphatic heterocycles. The number of ether oxygens (including phenoxy) is 3. The lowest BCUT2D eigenvalue weighted by atomic mass is 9.95. The average molecular weight is 450 g/mol. The number of hydrogen-bond donors (Lipinski definition) is 7. The van der Waals surface area contributed by atoms with Gasteiger partial charge in [-0.3, -0.25) is 4.79 Å². The average Bonchev–Trinajstić information content (AvgIpc) is 2.76. The third kappa shape index (κ3) is 3.80. The number of phenols is 3. The fourth-order valence-corrected chi connectivity index (χ4v) is 3.72. The van der Waals surface area contributed by atoms with Crippen LogP contribution in [0.2, 0.25) is 0 Å². The van der Waals surface area contributed by atoms with Gasteiger partial charge in [-0.25, -0.2) is 0 Å². The molecule has 1 fully saturated rings. The second kappa shape index (κ2) is 8.45. The van der Waals surface area contributed by atoms with Crippen molar-refractivity contribution in [1.29, 1.82) is 0 Å². The fourth-order valence-electron chi connectivity index (χ4n) is 3.72. The number of benzene rings is 2. The lowest BCUT2D eigenvalue weighted by molar-refractivity contribution is -0.277. The first kappa shape index (κ1) is 22.1. The van der Waals surface area contributed by atoms with E-state index in [4.69, 9.17) is 14.2 Å². The van der Waals surface area contributed by atoms with Crippen LogP contribution >= 0.6 is 0 Å². The van der Waals surface area contributed by atoms with Crippen LogP contribution in [0.25, 0.3) is 0 Å². The van der Waals surface area contributed by atoms with Crippen LogP contribution in [0.3, 0.4) is 0 Å². The van der Waals surface area contributed by atoms with E-state index in [1.807, 2.05) is 0 Å². The molecule has 11 nitrogen and oxygen atoms in total. The van der Waals surface area contributed by atoms with Crippen molar-refractivity contribution >= 4 is 5.78 Å². The van der Waals surface area contributed by atoms with Crippen molar-refractivity contribution in [1.82, 2.24) is 0 Å². The normalized spacial score (nSPS) is 29.8. The molecule has 2 heterocycles. The molecule has 0 radical (unpaired) electrons. The van der Waals surface area contributed by atoms with Crippen molar-refractivity contribution in [2.24, 2.45) is 0 Å². The van der Waals surface area contributed by atoms with E-state index in [0.29, 0.717) is 5.56 Å². The van der Waals surface area contributed by atoms with Gasteiger partial charge in [0, 0.05) is 6.07 Å². The number of fused-ring (bicyclic) bond motifs is 1. The molecule has 2 aromatic carbocycles. The number of Topliss-reactive ketones (excluding diaryl/α,β-unsaturated/α-hetero) is 1. The van der Waals surface area contributed by atoms with Gasteiger partial charge in [-0.15, -0.1) is 0 Å². The number of rotatable bonds is 4. The number of aromatic hydroxyl groups is 3. The second-order valence-corrected chi connectivity index (χ2v) is 7.59. The Bertz CT molecular complexity index is 1000. The van der Waals surface area contributed by atoms with Gasteiger partial charge in [0.05, 0.1) is 13.0 Å². The zero-order chi connectivity index (χ0) is 23.2. The van der Waals surface area contributed by atoms with E-state index in [2.05, 4.69) is 0 Å². The summed E-state index contributed by atoms with van der Waals surface area (Å²) in [5, 5.41) is 69.5. The summed E-state index contributed by atoms with van der Waals surface area (Å²) in [5.41, 5.74) is 0.279. The second-order valence-electron chi connectivity index (χ2n) is 7.59. The zero-order valence-electron chi connectivity index (χ0n) is 16.5. The van der Waals surface area contributed by atoms with Crippen molar-refractivity contribution in [3.05, 3.63) is 41.5 Å². The summed E-state index contributed by atoms with van der Waals surface area (Å²) in [6.07, 6.45) is -9.02.